The summed E-state index contributed by atoms with van der Waals surface area (Å²) in [6, 6.07) is 59.7. The quantitative estimate of drug-likeness (QED) is 0.185. The smallest absolute Gasteiger partial charge is 0.166 e. The summed E-state index contributed by atoms with van der Waals surface area (Å²) in [5.74, 6) is 1.93. The lowest BCUT2D eigenvalue weighted by Gasteiger charge is -2.12. The van der Waals surface area contributed by atoms with Gasteiger partial charge in [0.2, 0.25) is 0 Å². The largest absolute Gasteiger partial charge is 0.309 e. The summed E-state index contributed by atoms with van der Waals surface area (Å²) in [4.78, 5) is 15.5. The van der Waals surface area contributed by atoms with Gasteiger partial charge in [-0.05, 0) is 65.7 Å². The zero-order chi connectivity index (χ0) is 33.0. The average Bonchev–Trinajstić information content (AvgIpc) is 3.74. The maximum absolute atomic E-state index is 5.26. The maximum Gasteiger partial charge on any atom is 0.166 e. The molecule has 50 heavy (non-hydrogen) atoms. The topological polar surface area (TPSA) is 43.6 Å². The number of nitrogens with zero attached hydrogens (tertiary/aromatic N) is 4. The third kappa shape index (κ3) is 4.71. The molecule has 0 saturated heterocycles. The van der Waals surface area contributed by atoms with Gasteiger partial charge in [0.05, 0.1) is 11.0 Å². The molecule has 0 aliphatic rings. The Morgan fingerprint density at radius 2 is 0.940 bits per heavy atom. The fourth-order valence-electron chi connectivity index (χ4n) is 7.11. The van der Waals surface area contributed by atoms with Gasteiger partial charge >= 0.3 is 0 Å². The molecule has 5 heteroatoms. The zero-order valence-electron chi connectivity index (χ0n) is 26.9. The molecule has 0 spiro atoms. The summed E-state index contributed by atoms with van der Waals surface area (Å²) in [5, 5.41) is 4.79. The molecule has 0 fully saturated rings. The number of hydrogen-bond donors (Lipinski definition) is 0. The van der Waals surface area contributed by atoms with Crippen LogP contribution in [0.15, 0.2) is 170 Å². The Hall–Kier alpha value is -6.43. The highest BCUT2D eigenvalue weighted by Crippen LogP contribution is 2.40. The predicted octanol–water partition coefficient (Wildman–Crippen LogP) is 12.0. The van der Waals surface area contributed by atoms with Crippen molar-refractivity contribution in [1.29, 1.82) is 0 Å². The van der Waals surface area contributed by atoms with Crippen LogP contribution in [0.5, 0.6) is 0 Å². The molecular weight excluding hydrogens is 629 g/mol. The van der Waals surface area contributed by atoms with Crippen molar-refractivity contribution in [2.24, 2.45) is 0 Å². The van der Waals surface area contributed by atoms with Crippen LogP contribution in [-0.4, -0.2) is 19.5 Å². The van der Waals surface area contributed by atoms with Gasteiger partial charge in [0, 0.05) is 53.3 Å². The van der Waals surface area contributed by atoms with Gasteiger partial charge < -0.3 is 4.57 Å². The van der Waals surface area contributed by atoms with Crippen molar-refractivity contribution >= 4 is 53.3 Å². The Kier molecular flexibility index (Phi) is 6.64. The van der Waals surface area contributed by atoms with Crippen LogP contribution < -0.4 is 0 Å². The van der Waals surface area contributed by atoms with E-state index in [-0.39, 0.29) is 0 Å². The standard InChI is InChI=1S/C45H28N4S/c1-4-13-29(14-5-1)31-23-25-40-37(27-31)38-28-32(24-26-41(38)50-40)44-46-43(30-15-6-2-7-16-30)47-45(48-44)36-21-12-20-35-34-19-10-11-22-39(34)49(42(35)36)33-17-8-3-9-18-33/h1-28H. The van der Waals surface area contributed by atoms with Gasteiger partial charge in [-0.3, -0.25) is 0 Å². The molecule has 234 valence electrons. The van der Waals surface area contributed by atoms with Gasteiger partial charge in [-0.25, -0.2) is 15.0 Å². The van der Waals surface area contributed by atoms with E-state index >= 15 is 0 Å². The molecule has 0 N–H and O–H groups in total. The van der Waals surface area contributed by atoms with E-state index in [1.165, 1.54) is 36.7 Å². The molecule has 0 bridgehead atoms. The molecule has 4 nitrogen and oxygen atoms in total. The van der Waals surface area contributed by atoms with E-state index in [9.17, 15) is 0 Å². The number of hydrogen-bond acceptors (Lipinski definition) is 4. The van der Waals surface area contributed by atoms with Crippen LogP contribution in [0.1, 0.15) is 0 Å². The summed E-state index contributed by atoms with van der Waals surface area (Å²) >= 11 is 1.82. The molecule has 0 saturated carbocycles. The fourth-order valence-corrected chi connectivity index (χ4v) is 8.18. The predicted molar refractivity (Wildman–Crippen MR) is 209 cm³/mol. The van der Waals surface area contributed by atoms with Crippen LogP contribution in [0.4, 0.5) is 0 Å². The van der Waals surface area contributed by atoms with Gasteiger partial charge in [0.25, 0.3) is 0 Å². The second-order valence-corrected chi connectivity index (χ2v) is 13.5. The summed E-state index contributed by atoms with van der Waals surface area (Å²) < 4.78 is 4.83. The number of aromatic nitrogens is 4. The van der Waals surface area contributed by atoms with E-state index in [0.717, 1.165) is 38.8 Å². The lowest BCUT2D eigenvalue weighted by atomic mass is 10.0. The molecule has 10 rings (SSSR count). The third-order valence-corrected chi connectivity index (χ3v) is 10.6. The van der Waals surface area contributed by atoms with Crippen molar-refractivity contribution in [2.45, 2.75) is 0 Å². The number of fused-ring (bicyclic) bond motifs is 6. The summed E-state index contributed by atoms with van der Waals surface area (Å²) in [7, 11) is 0. The summed E-state index contributed by atoms with van der Waals surface area (Å²) in [6.45, 7) is 0. The van der Waals surface area contributed by atoms with Crippen molar-refractivity contribution in [3.63, 3.8) is 0 Å². The Labute approximate surface area is 292 Å². The van der Waals surface area contributed by atoms with Gasteiger partial charge in [-0.15, -0.1) is 11.3 Å². The number of benzene rings is 7. The van der Waals surface area contributed by atoms with Crippen LogP contribution in [0.3, 0.4) is 0 Å². The Balaban J connectivity index is 1.22. The van der Waals surface area contributed by atoms with Crippen molar-refractivity contribution < 1.29 is 0 Å². The lowest BCUT2D eigenvalue weighted by Crippen LogP contribution is -2.02. The normalized spacial score (nSPS) is 11.6. The summed E-state index contributed by atoms with van der Waals surface area (Å²) in [5.41, 5.74) is 8.58. The molecule has 10 aromatic rings. The molecular formula is C45H28N4S. The Morgan fingerprint density at radius 3 is 1.68 bits per heavy atom. The molecule has 3 aromatic heterocycles. The maximum atomic E-state index is 5.26. The fraction of sp³-hybridized carbons (Fsp3) is 0. The first-order chi connectivity index (χ1) is 24.8. The second kappa shape index (κ2) is 11.6. The highest BCUT2D eigenvalue weighted by Gasteiger charge is 2.20. The Morgan fingerprint density at radius 1 is 0.380 bits per heavy atom. The molecule has 0 aliphatic carbocycles. The van der Waals surface area contributed by atoms with Crippen molar-refractivity contribution in [2.75, 3.05) is 0 Å². The van der Waals surface area contributed by atoms with E-state index in [1.54, 1.807) is 0 Å². The minimum Gasteiger partial charge on any atom is -0.309 e. The van der Waals surface area contributed by atoms with Gasteiger partial charge in [0.15, 0.2) is 17.5 Å². The molecule has 0 radical (unpaired) electrons. The minimum atomic E-state index is 0.640. The van der Waals surface area contributed by atoms with Crippen LogP contribution in [0.2, 0.25) is 0 Å². The van der Waals surface area contributed by atoms with Crippen LogP contribution in [0, 0.1) is 0 Å². The highest BCUT2D eigenvalue weighted by molar-refractivity contribution is 7.25. The van der Waals surface area contributed by atoms with Gasteiger partial charge in [-0.2, -0.15) is 0 Å². The molecule has 0 unspecified atom stereocenters. The SMILES string of the molecule is c1ccc(-c2ccc3sc4ccc(-c5nc(-c6ccccc6)nc(-c6cccc7c8ccccc8n(-c8ccccc8)c67)n5)cc4c3c2)cc1. The third-order valence-electron chi connectivity index (χ3n) is 9.45. The molecule has 0 amide bonds. The van der Waals surface area contributed by atoms with E-state index in [2.05, 4.69) is 156 Å². The Bertz CT molecular complexity index is 2860. The van der Waals surface area contributed by atoms with Crippen molar-refractivity contribution in [3.05, 3.63) is 170 Å². The number of rotatable bonds is 5. The zero-order valence-corrected chi connectivity index (χ0v) is 27.7. The highest BCUT2D eigenvalue weighted by atomic mass is 32.1. The minimum absolute atomic E-state index is 0.640. The van der Waals surface area contributed by atoms with Crippen LogP contribution >= 0.6 is 11.3 Å². The molecule has 3 heterocycles. The van der Waals surface area contributed by atoms with E-state index in [4.69, 9.17) is 15.0 Å². The number of thiophene rings is 1. The molecule has 7 aromatic carbocycles. The monoisotopic (exact) mass is 656 g/mol. The first-order valence-electron chi connectivity index (χ1n) is 16.7. The number of para-hydroxylation sites is 3. The first kappa shape index (κ1) is 28.6. The second-order valence-electron chi connectivity index (χ2n) is 12.5. The van der Waals surface area contributed by atoms with E-state index in [0.29, 0.717) is 17.5 Å². The van der Waals surface area contributed by atoms with Crippen LogP contribution in [-0.2, 0) is 0 Å². The van der Waals surface area contributed by atoms with Crippen molar-refractivity contribution in [1.82, 2.24) is 19.5 Å². The molecule has 0 aliphatic heterocycles. The van der Waals surface area contributed by atoms with E-state index in [1.807, 2.05) is 29.5 Å². The van der Waals surface area contributed by atoms with Gasteiger partial charge in [0.1, 0.15) is 0 Å². The van der Waals surface area contributed by atoms with Crippen molar-refractivity contribution in [3.8, 4) is 51.0 Å². The lowest BCUT2D eigenvalue weighted by molar-refractivity contribution is 1.07. The average molecular weight is 657 g/mol. The first-order valence-corrected chi connectivity index (χ1v) is 17.5. The summed E-state index contributed by atoms with van der Waals surface area (Å²) in [6.07, 6.45) is 0. The van der Waals surface area contributed by atoms with Crippen LogP contribution in [0.25, 0.3) is 93.0 Å². The van der Waals surface area contributed by atoms with E-state index < -0.39 is 0 Å². The van der Waals surface area contributed by atoms with Gasteiger partial charge in [-0.1, -0.05) is 115 Å². The molecule has 0 atom stereocenters.